The van der Waals surface area contributed by atoms with Gasteiger partial charge in [-0.1, -0.05) is 6.92 Å². The zero-order valence-corrected chi connectivity index (χ0v) is 18.0. The van der Waals surface area contributed by atoms with E-state index in [-0.39, 0.29) is 17.1 Å². The van der Waals surface area contributed by atoms with Crippen LogP contribution < -0.4 is 15.4 Å². The van der Waals surface area contributed by atoms with Gasteiger partial charge in [0.15, 0.2) is 5.03 Å². The van der Waals surface area contributed by atoms with Gasteiger partial charge in [0.05, 0.1) is 23.3 Å². The third kappa shape index (κ3) is 4.30. The monoisotopic (exact) mass is 444 g/mol. The van der Waals surface area contributed by atoms with E-state index in [1.54, 1.807) is 4.90 Å². The Morgan fingerprint density at radius 2 is 2.10 bits per heavy atom. The van der Waals surface area contributed by atoms with Gasteiger partial charge in [-0.05, 0) is 30.5 Å². The number of aromatic nitrogens is 4. The van der Waals surface area contributed by atoms with Crippen molar-refractivity contribution in [3.05, 3.63) is 36.9 Å². The number of aromatic amines is 1. The van der Waals surface area contributed by atoms with Crippen LogP contribution in [-0.4, -0.2) is 65.5 Å². The lowest BCUT2D eigenvalue weighted by molar-refractivity contribution is 0.172. The number of likely N-dealkylation sites (tertiary alicyclic amines) is 1. The SMILES string of the molecule is CC1CCN(C(=O)Nc2ccc(S(N)(=O)=O)nc2)CC1N(C)c1ncnc2[nH]ccc12. The van der Waals surface area contributed by atoms with Crippen molar-refractivity contribution in [2.45, 2.75) is 24.4 Å². The molecular weight excluding hydrogens is 420 g/mol. The van der Waals surface area contributed by atoms with Crippen molar-refractivity contribution in [2.24, 2.45) is 11.1 Å². The summed E-state index contributed by atoms with van der Waals surface area (Å²) in [6.07, 6.45) is 5.47. The van der Waals surface area contributed by atoms with Crippen LogP contribution in [0.4, 0.5) is 16.3 Å². The van der Waals surface area contributed by atoms with Gasteiger partial charge in [-0.15, -0.1) is 0 Å². The van der Waals surface area contributed by atoms with E-state index in [9.17, 15) is 13.2 Å². The quantitative estimate of drug-likeness (QED) is 0.550. The molecule has 0 radical (unpaired) electrons. The Morgan fingerprint density at radius 3 is 2.81 bits per heavy atom. The van der Waals surface area contributed by atoms with Crippen LogP contribution in [0, 0.1) is 5.92 Å². The molecule has 4 rings (SSSR count). The van der Waals surface area contributed by atoms with Crippen molar-refractivity contribution < 1.29 is 13.2 Å². The summed E-state index contributed by atoms with van der Waals surface area (Å²) in [5.41, 5.74) is 1.16. The Hall–Kier alpha value is -3.25. The maximum absolute atomic E-state index is 12.8. The fraction of sp³-hybridized carbons (Fsp3) is 0.368. The highest BCUT2D eigenvalue weighted by Gasteiger charge is 2.33. The van der Waals surface area contributed by atoms with Crippen molar-refractivity contribution in [1.82, 2.24) is 24.8 Å². The molecule has 2 amide bonds. The predicted octanol–water partition coefficient (Wildman–Crippen LogP) is 1.38. The number of sulfonamides is 1. The lowest BCUT2D eigenvalue weighted by Gasteiger charge is -2.42. The zero-order valence-electron chi connectivity index (χ0n) is 17.2. The highest BCUT2D eigenvalue weighted by atomic mass is 32.2. The van der Waals surface area contributed by atoms with E-state index in [0.717, 1.165) is 23.3 Å². The molecule has 0 saturated carbocycles. The molecule has 1 fully saturated rings. The number of nitrogens with two attached hydrogens (primary N) is 1. The topological polar surface area (TPSA) is 150 Å². The third-order valence-electron chi connectivity index (χ3n) is 5.65. The number of primary sulfonamides is 1. The molecule has 1 aliphatic heterocycles. The van der Waals surface area contributed by atoms with Gasteiger partial charge in [-0.2, -0.15) is 0 Å². The molecule has 0 aromatic carbocycles. The minimum Gasteiger partial charge on any atom is -0.354 e. The van der Waals surface area contributed by atoms with E-state index < -0.39 is 10.0 Å². The molecule has 2 atom stereocenters. The van der Waals surface area contributed by atoms with Crippen molar-refractivity contribution in [2.75, 3.05) is 30.4 Å². The average Bonchev–Trinajstić information content (AvgIpc) is 3.22. The number of carbonyl (C=O) groups excluding carboxylic acids is 1. The van der Waals surface area contributed by atoms with Gasteiger partial charge in [0.1, 0.15) is 17.8 Å². The van der Waals surface area contributed by atoms with E-state index in [0.29, 0.717) is 24.7 Å². The van der Waals surface area contributed by atoms with E-state index in [1.165, 1.54) is 24.7 Å². The van der Waals surface area contributed by atoms with Crippen LogP contribution in [0.2, 0.25) is 0 Å². The Labute approximate surface area is 179 Å². The molecule has 31 heavy (non-hydrogen) atoms. The van der Waals surface area contributed by atoms with Crippen molar-refractivity contribution in [3.8, 4) is 0 Å². The maximum atomic E-state index is 12.8. The van der Waals surface area contributed by atoms with E-state index >= 15 is 0 Å². The Balaban J connectivity index is 1.48. The van der Waals surface area contributed by atoms with Crippen LogP contribution in [0.5, 0.6) is 0 Å². The van der Waals surface area contributed by atoms with Gasteiger partial charge in [0, 0.05) is 26.3 Å². The summed E-state index contributed by atoms with van der Waals surface area (Å²) in [7, 11) is -1.90. The van der Waals surface area contributed by atoms with Crippen molar-refractivity contribution in [1.29, 1.82) is 0 Å². The van der Waals surface area contributed by atoms with Crippen LogP contribution in [0.25, 0.3) is 11.0 Å². The molecule has 2 unspecified atom stereocenters. The molecule has 1 aliphatic rings. The van der Waals surface area contributed by atoms with Gasteiger partial charge in [-0.25, -0.2) is 33.3 Å². The first-order valence-electron chi connectivity index (χ1n) is 9.80. The van der Waals surface area contributed by atoms with Crippen LogP contribution in [-0.2, 0) is 10.0 Å². The fourth-order valence-electron chi connectivity index (χ4n) is 3.86. The number of piperidine rings is 1. The molecule has 0 bridgehead atoms. The number of rotatable bonds is 4. The third-order valence-corrected chi connectivity index (χ3v) is 6.47. The smallest absolute Gasteiger partial charge is 0.321 e. The summed E-state index contributed by atoms with van der Waals surface area (Å²) >= 11 is 0. The summed E-state index contributed by atoms with van der Waals surface area (Å²) in [6, 6.07) is 4.46. The highest BCUT2D eigenvalue weighted by molar-refractivity contribution is 7.89. The van der Waals surface area contributed by atoms with Crippen LogP contribution in [0.15, 0.2) is 41.9 Å². The summed E-state index contributed by atoms with van der Waals surface area (Å²) in [4.78, 5) is 32.3. The molecule has 12 heteroatoms. The molecule has 3 aromatic rings. The molecule has 1 saturated heterocycles. The molecule has 4 heterocycles. The van der Waals surface area contributed by atoms with Gasteiger partial charge < -0.3 is 20.1 Å². The molecule has 0 spiro atoms. The van der Waals surface area contributed by atoms with E-state index in [4.69, 9.17) is 5.14 Å². The van der Waals surface area contributed by atoms with E-state index in [2.05, 4.69) is 37.1 Å². The predicted molar refractivity (Wildman–Crippen MR) is 116 cm³/mol. The summed E-state index contributed by atoms with van der Waals surface area (Å²) in [6.45, 7) is 3.30. The van der Waals surface area contributed by atoms with Crippen molar-refractivity contribution >= 4 is 38.6 Å². The number of urea groups is 1. The number of fused-ring (bicyclic) bond motifs is 1. The molecule has 4 N–H and O–H groups in total. The Bertz CT molecular complexity index is 1190. The number of hydrogen-bond acceptors (Lipinski definition) is 7. The fourth-order valence-corrected chi connectivity index (χ4v) is 4.32. The largest absolute Gasteiger partial charge is 0.354 e. The number of nitrogens with one attached hydrogen (secondary N) is 2. The molecular formula is C19H24N8O3S. The van der Waals surface area contributed by atoms with Crippen LogP contribution >= 0.6 is 0 Å². The van der Waals surface area contributed by atoms with Gasteiger partial charge in [0.25, 0.3) is 10.0 Å². The zero-order chi connectivity index (χ0) is 22.2. The first kappa shape index (κ1) is 21.0. The number of pyridine rings is 1. The number of likely N-dealkylation sites (N-methyl/N-ethyl adjacent to an activating group) is 1. The lowest BCUT2D eigenvalue weighted by Crippen LogP contribution is -2.53. The number of nitrogens with zero attached hydrogens (tertiary/aromatic N) is 5. The van der Waals surface area contributed by atoms with E-state index in [1.807, 2.05) is 19.3 Å². The number of amides is 2. The number of H-pyrrole nitrogens is 1. The van der Waals surface area contributed by atoms with Crippen LogP contribution in [0.3, 0.4) is 0 Å². The van der Waals surface area contributed by atoms with Crippen LogP contribution in [0.1, 0.15) is 13.3 Å². The summed E-state index contributed by atoms with van der Waals surface area (Å²) in [5, 5.41) is 8.51. The Morgan fingerprint density at radius 1 is 1.29 bits per heavy atom. The second-order valence-electron chi connectivity index (χ2n) is 7.69. The highest BCUT2D eigenvalue weighted by Crippen LogP contribution is 2.28. The molecule has 164 valence electrons. The molecule has 11 nitrogen and oxygen atoms in total. The first-order valence-corrected chi connectivity index (χ1v) is 11.3. The first-order chi connectivity index (χ1) is 14.7. The minimum atomic E-state index is -3.88. The molecule has 0 aliphatic carbocycles. The normalized spacial score (nSPS) is 19.4. The number of carbonyl (C=O) groups is 1. The second kappa shape index (κ2) is 8.12. The lowest BCUT2D eigenvalue weighted by atomic mass is 9.92. The van der Waals surface area contributed by atoms with Gasteiger partial charge in [-0.3, -0.25) is 0 Å². The second-order valence-corrected chi connectivity index (χ2v) is 9.20. The average molecular weight is 445 g/mol. The Kier molecular flexibility index (Phi) is 5.50. The maximum Gasteiger partial charge on any atom is 0.321 e. The van der Waals surface area contributed by atoms with Crippen molar-refractivity contribution in [3.63, 3.8) is 0 Å². The van der Waals surface area contributed by atoms with Gasteiger partial charge >= 0.3 is 6.03 Å². The number of hydrogen-bond donors (Lipinski definition) is 3. The standard InChI is InChI=1S/C19H24N8O3S/c1-12-6-8-27(19(28)25-13-3-4-16(22-9-13)31(20,29)30)10-15(12)26(2)18-14-5-7-21-17(14)23-11-24-18/h3-5,7,9,11-12,15H,6,8,10H2,1-2H3,(H,25,28)(H2,20,29,30)(H,21,23,24). The van der Waals surface area contributed by atoms with Gasteiger partial charge in [0.2, 0.25) is 0 Å². The summed E-state index contributed by atoms with van der Waals surface area (Å²) in [5.74, 6) is 1.17. The minimum absolute atomic E-state index is 0.0652. The number of anilines is 2. The summed E-state index contributed by atoms with van der Waals surface area (Å²) < 4.78 is 22.7. The molecule has 3 aromatic heterocycles.